The molecule has 31 heavy (non-hydrogen) atoms. The van der Waals surface area contributed by atoms with Gasteiger partial charge < -0.3 is 15.7 Å². The number of hydrogen-bond donors (Lipinski definition) is 2. The van der Waals surface area contributed by atoms with Gasteiger partial charge >= 0.3 is 0 Å². The van der Waals surface area contributed by atoms with Crippen LogP contribution in [0.4, 0.5) is 0 Å². The highest BCUT2D eigenvalue weighted by atomic mass is 16.3. The highest BCUT2D eigenvalue weighted by molar-refractivity contribution is 5.92. The van der Waals surface area contributed by atoms with Crippen LogP contribution >= 0.6 is 0 Å². The first-order valence-electron chi connectivity index (χ1n) is 9.56. The van der Waals surface area contributed by atoms with Crippen molar-refractivity contribution in [2.24, 2.45) is 12.8 Å². The Hall–Kier alpha value is -4.03. The van der Waals surface area contributed by atoms with Crippen molar-refractivity contribution >= 4 is 11.8 Å². The van der Waals surface area contributed by atoms with Gasteiger partial charge in [-0.3, -0.25) is 14.3 Å². The van der Waals surface area contributed by atoms with Crippen molar-refractivity contribution in [2.75, 3.05) is 13.6 Å². The van der Waals surface area contributed by atoms with Gasteiger partial charge in [-0.05, 0) is 24.3 Å². The quantitative estimate of drug-likeness (QED) is 0.602. The zero-order valence-electron chi connectivity index (χ0n) is 17.0. The van der Waals surface area contributed by atoms with Gasteiger partial charge in [0.2, 0.25) is 5.60 Å². The van der Waals surface area contributed by atoms with E-state index in [-0.39, 0.29) is 12.1 Å². The van der Waals surface area contributed by atoms with Crippen LogP contribution in [0.5, 0.6) is 0 Å². The van der Waals surface area contributed by atoms with E-state index in [0.29, 0.717) is 34.9 Å². The van der Waals surface area contributed by atoms with E-state index < -0.39 is 17.4 Å². The van der Waals surface area contributed by atoms with Gasteiger partial charge in [-0.15, -0.1) is 0 Å². The minimum atomic E-state index is -1.68. The van der Waals surface area contributed by atoms with Crippen LogP contribution in [0.3, 0.4) is 0 Å². The monoisotopic (exact) mass is 416 g/mol. The number of likely N-dealkylation sites (N-methyl/N-ethyl adjacent to an activating group) is 1. The lowest BCUT2D eigenvalue weighted by atomic mass is 10.0. The molecule has 3 N–H and O–H groups in total. The highest BCUT2D eigenvalue weighted by Gasteiger charge is 2.42. The van der Waals surface area contributed by atoms with Gasteiger partial charge in [-0.1, -0.05) is 24.0 Å². The summed E-state index contributed by atoms with van der Waals surface area (Å²) in [6.45, 7) is 0.453. The number of benzene rings is 1. The number of rotatable bonds is 3. The van der Waals surface area contributed by atoms with Crippen LogP contribution in [0.2, 0.25) is 0 Å². The summed E-state index contributed by atoms with van der Waals surface area (Å²) < 4.78 is 1.63. The van der Waals surface area contributed by atoms with Crippen LogP contribution in [0.25, 0.3) is 22.8 Å². The van der Waals surface area contributed by atoms with Gasteiger partial charge in [0.15, 0.2) is 5.82 Å². The van der Waals surface area contributed by atoms with Crippen molar-refractivity contribution < 1.29 is 14.7 Å². The molecule has 156 valence electrons. The maximum atomic E-state index is 12.1. The summed E-state index contributed by atoms with van der Waals surface area (Å²) in [5.41, 5.74) is 6.25. The van der Waals surface area contributed by atoms with Crippen LogP contribution < -0.4 is 5.73 Å². The summed E-state index contributed by atoms with van der Waals surface area (Å²) in [6, 6.07) is 10.3. The molecule has 9 nitrogen and oxygen atoms in total. The molecule has 9 heteroatoms. The van der Waals surface area contributed by atoms with Gasteiger partial charge in [0.05, 0.1) is 11.4 Å². The molecule has 2 aromatic heterocycles. The first kappa shape index (κ1) is 20.3. The topological polar surface area (TPSA) is 127 Å². The fourth-order valence-corrected chi connectivity index (χ4v) is 3.34. The third-order valence-corrected chi connectivity index (χ3v) is 5.11. The summed E-state index contributed by atoms with van der Waals surface area (Å²) in [5.74, 6) is 4.78. The standard InChI is InChI=1S/C22H20N6O3/c1-27-11-9-22(31,21(27)30)8-6-14-4-3-5-15(12-14)20-25-16(13-17(26-20)19(23)29)18-7-10-24-28(18)2/h3-5,7,10,12-13,31H,9,11H2,1-2H3,(H2,23,29)/t22-/m0/s1. The van der Waals surface area contributed by atoms with Crippen LogP contribution in [-0.2, 0) is 11.8 Å². The van der Waals surface area contributed by atoms with E-state index in [1.54, 1.807) is 55.3 Å². The Bertz CT molecular complexity index is 1260. The molecular formula is C22H20N6O3. The van der Waals surface area contributed by atoms with Gasteiger partial charge in [-0.2, -0.15) is 5.10 Å². The van der Waals surface area contributed by atoms with Crippen molar-refractivity contribution in [1.29, 1.82) is 0 Å². The zero-order chi connectivity index (χ0) is 22.2. The number of nitrogens with two attached hydrogens (primary N) is 1. The predicted molar refractivity (Wildman–Crippen MR) is 112 cm³/mol. The van der Waals surface area contributed by atoms with Crippen molar-refractivity contribution in [3.63, 3.8) is 0 Å². The smallest absolute Gasteiger partial charge is 0.267 e. The van der Waals surface area contributed by atoms with Crippen molar-refractivity contribution in [2.45, 2.75) is 12.0 Å². The molecule has 1 fully saturated rings. The molecule has 1 saturated heterocycles. The maximum absolute atomic E-state index is 12.1. The van der Waals surface area contributed by atoms with E-state index in [1.807, 2.05) is 0 Å². The molecule has 1 atom stereocenters. The minimum Gasteiger partial charge on any atom is -0.369 e. The number of carbonyl (C=O) groups excluding carboxylic acids is 2. The van der Waals surface area contributed by atoms with E-state index in [4.69, 9.17) is 5.73 Å². The summed E-state index contributed by atoms with van der Waals surface area (Å²) in [6.07, 6.45) is 1.89. The number of hydrogen-bond acceptors (Lipinski definition) is 6. The SMILES string of the molecule is CN1CC[C@@](O)(C#Cc2cccc(-c3nc(C(N)=O)cc(-c4ccnn4C)n3)c2)C1=O. The van der Waals surface area contributed by atoms with E-state index in [9.17, 15) is 14.7 Å². The fraction of sp³-hybridized carbons (Fsp3) is 0.227. The van der Waals surface area contributed by atoms with Crippen molar-refractivity contribution in [3.8, 4) is 34.6 Å². The minimum absolute atomic E-state index is 0.0755. The van der Waals surface area contributed by atoms with Gasteiger partial charge in [0.25, 0.3) is 11.8 Å². The summed E-state index contributed by atoms with van der Waals surface area (Å²) in [4.78, 5) is 34.2. The van der Waals surface area contributed by atoms with Crippen LogP contribution in [0.15, 0.2) is 42.6 Å². The second-order valence-electron chi connectivity index (χ2n) is 7.33. The Labute approximate surface area is 178 Å². The van der Waals surface area contributed by atoms with Crippen LogP contribution in [0.1, 0.15) is 22.5 Å². The molecule has 0 aliphatic carbocycles. The largest absolute Gasteiger partial charge is 0.369 e. The molecule has 3 heterocycles. The number of primary amides is 1. The first-order valence-corrected chi connectivity index (χ1v) is 9.56. The average molecular weight is 416 g/mol. The Morgan fingerprint density at radius 2 is 2.03 bits per heavy atom. The van der Waals surface area contributed by atoms with E-state index in [1.165, 1.54) is 11.0 Å². The number of aliphatic hydroxyl groups is 1. The van der Waals surface area contributed by atoms with E-state index in [0.717, 1.165) is 0 Å². The molecule has 0 saturated carbocycles. The molecule has 1 aliphatic heterocycles. The molecule has 0 unspecified atom stereocenters. The average Bonchev–Trinajstić information content (AvgIpc) is 3.31. The zero-order valence-corrected chi connectivity index (χ0v) is 17.0. The predicted octanol–water partition coefficient (Wildman–Crippen LogP) is 0.588. The summed E-state index contributed by atoms with van der Waals surface area (Å²) in [5, 5.41) is 14.6. The molecule has 0 bridgehead atoms. The second-order valence-corrected chi connectivity index (χ2v) is 7.33. The Morgan fingerprint density at radius 3 is 2.68 bits per heavy atom. The van der Waals surface area contributed by atoms with Crippen molar-refractivity contribution in [3.05, 3.63) is 53.9 Å². The molecule has 3 aromatic rings. The molecule has 4 rings (SSSR count). The maximum Gasteiger partial charge on any atom is 0.267 e. The molecule has 1 aromatic carbocycles. The van der Waals surface area contributed by atoms with E-state index >= 15 is 0 Å². The lowest BCUT2D eigenvalue weighted by Gasteiger charge is -2.13. The number of aromatic nitrogens is 4. The van der Waals surface area contributed by atoms with Crippen molar-refractivity contribution in [1.82, 2.24) is 24.6 Å². The van der Waals surface area contributed by atoms with Gasteiger partial charge in [0.1, 0.15) is 5.69 Å². The number of amides is 2. The third-order valence-electron chi connectivity index (χ3n) is 5.11. The van der Waals surface area contributed by atoms with Crippen LogP contribution in [-0.4, -0.2) is 60.8 Å². The third kappa shape index (κ3) is 3.89. The molecule has 2 amide bonds. The fourth-order valence-electron chi connectivity index (χ4n) is 3.34. The Balaban J connectivity index is 1.74. The normalized spacial score (nSPS) is 18.0. The summed E-state index contributed by atoms with van der Waals surface area (Å²) >= 11 is 0. The lowest BCUT2D eigenvalue weighted by Crippen LogP contribution is -2.37. The lowest BCUT2D eigenvalue weighted by molar-refractivity contribution is -0.137. The number of nitrogens with zero attached hydrogens (tertiary/aromatic N) is 5. The number of aryl methyl sites for hydroxylation is 1. The molecular weight excluding hydrogens is 396 g/mol. The molecule has 0 radical (unpaired) electrons. The van der Waals surface area contributed by atoms with Gasteiger partial charge in [0, 0.05) is 44.4 Å². The number of likely N-dealkylation sites (tertiary alicyclic amines) is 1. The summed E-state index contributed by atoms with van der Waals surface area (Å²) in [7, 11) is 3.40. The first-order chi connectivity index (χ1) is 14.8. The molecule has 1 aliphatic rings. The Kier molecular flexibility index (Phi) is 5.01. The van der Waals surface area contributed by atoms with E-state index in [2.05, 4.69) is 26.9 Å². The number of carbonyl (C=O) groups is 2. The second kappa shape index (κ2) is 7.66. The highest BCUT2D eigenvalue weighted by Crippen LogP contribution is 2.24. The molecule has 0 spiro atoms. The van der Waals surface area contributed by atoms with Crippen LogP contribution in [0, 0.1) is 11.8 Å². The van der Waals surface area contributed by atoms with Gasteiger partial charge in [-0.25, -0.2) is 9.97 Å². The Morgan fingerprint density at radius 1 is 1.23 bits per heavy atom.